The number of benzene rings is 2. The van der Waals surface area contributed by atoms with Gasteiger partial charge in [-0.25, -0.2) is 0 Å². The number of halogens is 1. The summed E-state index contributed by atoms with van der Waals surface area (Å²) in [7, 11) is 0. The molecule has 1 aliphatic rings. The molecule has 0 spiro atoms. The van der Waals surface area contributed by atoms with Gasteiger partial charge >= 0.3 is 0 Å². The maximum Gasteiger partial charge on any atom is 0.129 e. The van der Waals surface area contributed by atoms with Crippen LogP contribution in [-0.4, -0.2) is 21.7 Å². The van der Waals surface area contributed by atoms with Crippen LogP contribution < -0.4 is 0 Å². The smallest absolute Gasteiger partial charge is 0.129 e. The second-order valence-electron chi connectivity index (χ2n) is 10.7. The van der Waals surface area contributed by atoms with Crippen molar-refractivity contribution in [2.45, 2.75) is 98.1 Å². The number of hydrogen-bond donors (Lipinski definition) is 2. The van der Waals surface area contributed by atoms with Crippen LogP contribution in [0.4, 0.5) is 0 Å². The second-order valence-corrected chi connectivity index (χ2v) is 12.0. The van der Waals surface area contributed by atoms with E-state index < -0.39 is 0 Å². The Bertz CT molecular complexity index is 1040. The first-order valence-electron chi connectivity index (χ1n) is 14.3. The van der Waals surface area contributed by atoms with Gasteiger partial charge in [0.2, 0.25) is 0 Å². The van der Waals surface area contributed by atoms with E-state index in [1.165, 1.54) is 30.4 Å². The van der Waals surface area contributed by atoms with E-state index >= 15 is 0 Å². The van der Waals surface area contributed by atoms with Crippen LogP contribution in [0, 0.1) is 5.92 Å². The minimum Gasteiger partial charge on any atom is -0.507 e. The molecule has 0 radical (unpaired) electrons. The molecular formula is C33H46INO2. The zero-order chi connectivity index (χ0) is 26.6. The lowest BCUT2D eigenvalue weighted by Gasteiger charge is -2.28. The molecule has 0 heterocycles. The van der Waals surface area contributed by atoms with Gasteiger partial charge in [0.05, 0.1) is 0 Å². The minimum absolute atomic E-state index is 0.455. The topological polar surface area (TPSA) is 43.7 Å². The molecule has 1 aliphatic carbocycles. The molecule has 3 rings (SSSR count). The first-order chi connectivity index (χ1) is 17.9. The lowest BCUT2D eigenvalue weighted by Crippen LogP contribution is -2.27. The van der Waals surface area contributed by atoms with E-state index in [0.29, 0.717) is 30.5 Å². The summed E-state index contributed by atoms with van der Waals surface area (Å²) in [5.74, 6) is 1.40. The van der Waals surface area contributed by atoms with Crippen LogP contribution in [0.25, 0.3) is 0 Å². The molecule has 2 N–H and O–H groups in total. The van der Waals surface area contributed by atoms with Gasteiger partial charge in [-0.2, -0.15) is 0 Å². The first-order valence-corrected chi connectivity index (χ1v) is 15.4. The number of allylic oxidation sites excluding steroid dienone is 2. The van der Waals surface area contributed by atoms with Crippen LogP contribution >= 0.6 is 22.6 Å². The molecule has 0 bridgehead atoms. The largest absolute Gasteiger partial charge is 0.507 e. The predicted molar refractivity (Wildman–Crippen MR) is 165 cm³/mol. The van der Waals surface area contributed by atoms with Crippen molar-refractivity contribution in [2.75, 3.05) is 6.54 Å². The summed E-state index contributed by atoms with van der Waals surface area (Å²) in [6, 6.07) is 15.0. The number of aliphatic hydroxyl groups is 1. The Morgan fingerprint density at radius 2 is 1.49 bits per heavy atom. The Labute approximate surface area is 238 Å². The average molecular weight is 616 g/mol. The van der Waals surface area contributed by atoms with Gasteiger partial charge in [0.25, 0.3) is 0 Å². The standard InChI is InChI=1S/C33H46INO2/c1-4-7-13-26-18-28(17-9-6-3)32(36)29(19-26)23-35(22-25-15-11-10-12-16-25)24-30-20-27(14-8-5-2)21-31(34)33(30)37/h10-12,15-16,18-20,27,36-37H,4-9,13-14,17,21-24H2,1-3H3. The van der Waals surface area contributed by atoms with E-state index in [2.05, 4.69) is 96.8 Å². The Morgan fingerprint density at radius 1 is 0.811 bits per heavy atom. The van der Waals surface area contributed by atoms with Crippen LogP contribution in [-0.2, 0) is 25.9 Å². The van der Waals surface area contributed by atoms with Gasteiger partial charge < -0.3 is 10.2 Å². The van der Waals surface area contributed by atoms with Crippen LogP contribution in [0.15, 0.2) is 63.5 Å². The van der Waals surface area contributed by atoms with Crippen LogP contribution in [0.1, 0.15) is 94.4 Å². The van der Waals surface area contributed by atoms with E-state index in [9.17, 15) is 10.2 Å². The minimum atomic E-state index is 0.455. The summed E-state index contributed by atoms with van der Waals surface area (Å²) in [6.07, 6.45) is 13.3. The maximum absolute atomic E-state index is 11.3. The highest BCUT2D eigenvalue weighted by Crippen LogP contribution is 2.35. The number of nitrogens with zero attached hydrogens (tertiary/aromatic N) is 1. The van der Waals surface area contributed by atoms with Crippen molar-refractivity contribution in [2.24, 2.45) is 5.92 Å². The second kappa shape index (κ2) is 15.6. The number of aliphatic hydroxyl groups excluding tert-OH is 1. The molecular weight excluding hydrogens is 569 g/mol. The van der Waals surface area contributed by atoms with Gasteiger partial charge in [-0.1, -0.05) is 95.0 Å². The number of unbranched alkanes of at least 4 members (excludes halogenated alkanes) is 3. The fourth-order valence-electron chi connectivity index (χ4n) is 5.23. The molecule has 2 aromatic rings. The number of phenolic OH excluding ortho intramolecular Hbond substituents is 1. The van der Waals surface area contributed by atoms with Crippen molar-refractivity contribution >= 4 is 22.6 Å². The Hall–Kier alpha value is -1.79. The van der Waals surface area contributed by atoms with Crippen molar-refractivity contribution in [1.29, 1.82) is 0 Å². The normalized spacial score (nSPS) is 15.9. The molecule has 2 aromatic carbocycles. The van der Waals surface area contributed by atoms with Gasteiger partial charge in [0.15, 0.2) is 0 Å². The Kier molecular flexibility index (Phi) is 12.5. The number of rotatable bonds is 15. The third kappa shape index (κ3) is 9.17. The van der Waals surface area contributed by atoms with Crippen molar-refractivity contribution in [3.8, 4) is 5.75 Å². The lowest BCUT2D eigenvalue weighted by molar-refractivity contribution is 0.265. The molecule has 37 heavy (non-hydrogen) atoms. The molecule has 3 nitrogen and oxygen atoms in total. The van der Waals surface area contributed by atoms with Gasteiger partial charge in [-0.15, -0.1) is 0 Å². The van der Waals surface area contributed by atoms with Crippen molar-refractivity contribution in [1.82, 2.24) is 4.90 Å². The van der Waals surface area contributed by atoms with Crippen molar-refractivity contribution in [3.63, 3.8) is 0 Å². The lowest BCUT2D eigenvalue weighted by atomic mass is 9.90. The highest BCUT2D eigenvalue weighted by molar-refractivity contribution is 14.1. The van der Waals surface area contributed by atoms with Crippen LogP contribution in [0.3, 0.4) is 0 Å². The molecule has 0 fully saturated rings. The van der Waals surface area contributed by atoms with E-state index in [4.69, 9.17) is 0 Å². The summed E-state index contributed by atoms with van der Waals surface area (Å²) in [4.78, 5) is 2.38. The fourth-order valence-corrected chi connectivity index (χ4v) is 6.14. The van der Waals surface area contributed by atoms with Gasteiger partial charge in [-0.3, -0.25) is 4.90 Å². The Balaban J connectivity index is 1.93. The van der Waals surface area contributed by atoms with Gasteiger partial charge in [0.1, 0.15) is 11.5 Å². The zero-order valence-corrected chi connectivity index (χ0v) is 25.3. The average Bonchev–Trinajstić information content (AvgIpc) is 2.90. The van der Waals surface area contributed by atoms with Crippen molar-refractivity contribution < 1.29 is 10.2 Å². The molecule has 1 atom stereocenters. The monoisotopic (exact) mass is 615 g/mol. The predicted octanol–water partition coefficient (Wildman–Crippen LogP) is 9.42. The SMILES string of the molecule is CCCCc1cc(CCCC)c(O)c(CN(CC2=CC(CCCC)CC(I)=C2O)Cc2ccccc2)c1. The number of aryl methyl sites for hydroxylation is 2. The van der Waals surface area contributed by atoms with E-state index in [-0.39, 0.29) is 0 Å². The van der Waals surface area contributed by atoms with Crippen LogP contribution in [0.5, 0.6) is 5.75 Å². The Morgan fingerprint density at radius 3 is 2.19 bits per heavy atom. The van der Waals surface area contributed by atoms with Crippen LogP contribution in [0.2, 0.25) is 0 Å². The third-order valence-corrected chi connectivity index (χ3v) is 8.30. The highest BCUT2D eigenvalue weighted by Gasteiger charge is 2.23. The summed E-state index contributed by atoms with van der Waals surface area (Å²) in [5.41, 5.74) is 5.69. The van der Waals surface area contributed by atoms with Gasteiger partial charge in [0, 0.05) is 34.4 Å². The molecule has 0 saturated carbocycles. The third-order valence-electron chi connectivity index (χ3n) is 7.35. The molecule has 1 unspecified atom stereocenters. The number of hydrogen-bond acceptors (Lipinski definition) is 3. The summed E-state index contributed by atoms with van der Waals surface area (Å²) in [5, 5.41) is 22.3. The molecule has 4 heteroatoms. The van der Waals surface area contributed by atoms with E-state index in [0.717, 1.165) is 71.8 Å². The summed E-state index contributed by atoms with van der Waals surface area (Å²) in [6.45, 7) is 8.76. The molecule has 0 saturated heterocycles. The molecule has 0 aliphatic heterocycles. The number of aromatic hydroxyl groups is 1. The summed E-state index contributed by atoms with van der Waals surface area (Å²) < 4.78 is 1.07. The maximum atomic E-state index is 11.3. The van der Waals surface area contributed by atoms with E-state index in [1.54, 1.807) is 0 Å². The zero-order valence-electron chi connectivity index (χ0n) is 23.1. The summed E-state index contributed by atoms with van der Waals surface area (Å²) >= 11 is 2.33. The molecule has 0 amide bonds. The molecule has 0 aromatic heterocycles. The molecule has 202 valence electrons. The van der Waals surface area contributed by atoms with E-state index in [1.807, 2.05) is 0 Å². The first kappa shape index (κ1) is 29.8. The quantitative estimate of drug-likeness (QED) is 0.196. The van der Waals surface area contributed by atoms with Crippen molar-refractivity contribution in [3.05, 3.63) is 85.7 Å². The number of phenols is 1. The highest BCUT2D eigenvalue weighted by atomic mass is 127. The fraction of sp³-hybridized carbons (Fsp3) is 0.515. The van der Waals surface area contributed by atoms with Gasteiger partial charge in [-0.05, 0) is 83.7 Å².